The molecule has 0 aliphatic rings. The number of carbonyl (C=O) groups excluding carboxylic acids is 1. The van der Waals surface area contributed by atoms with Gasteiger partial charge in [0.15, 0.2) is 0 Å². The maximum absolute atomic E-state index is 11.4. The molecule has 0 aromatic rings. The molecule has 0 saturated heterocycles. The van der Waals surface area contributed by atoms with Crippen molar-refractivity contribution in [2.75, 3.05) is 13.6 Å². The van der Waals surface area contributed by atoms with Gasteiger partial charge in [-0.1, -0.05) is 6.92 Å². The monoisotopic (exact) mass is 205 g/mol. The van der Waals surface area contributed by atoms with Gasteiger partial charge in [-0.05, 0) is 20.8 Å². The smallest absolute Gasteiger partial charge is 0.410 e. The highest BCUT2D eigenvalue weighted by atomic mass is 32.1. The Morgan fingerprint density at radius 3 is 2.31 bits per heavy atom. The normalized spacial score (nSPS) is 13.7. The molecule has 0 heterocycles. The first-order valence-corrected chi connectivity index (χ1v) is 4.86. The minimum atomic E-state index is -0.425. The molecular weight excluding hydrogens is 186 g/mol. The first-order chi connectivity index (χ1) is 5.72. The molecule has 0 unspecified atom stereocenters. The maximum atomic E-state index is 11.4. The number of nitrogens with zero attached hydrogens (tertiary/aromatic N) is 1. The van der Waals surface area contributed by atoms with Crippen LogP contribution in [0.25, 0.3) is 0 Å². The van der Waals surface area contributed by atoms with E-state index in [0.717, 1.165) is 0 Å². The zero-order valence-corrected chi connectivity index (χ0v) is 9.89. The third kappa shape index (κ3) is 6.75. The molecule has 3 nitrogen and oxygen atoms in total. The SMILES string of the molecule is C[C@H](S)CN(C)C(=O)OC(C)(C)C. The molecule has 1 atom stereocenters. The second-order valence-electron chi connectivity index (χ2n) is 4.21. The number of carbonyl (C=O) groups is 1. The number of amides is 1. The standard InChI is InChI=1S/C9H19NO2S/c1-7(13)6-10(5)8(11)12-9(2,3)4/h7,13H,6H2,1-5H3/t7-/m0/s1. The van der Waals surface area contributed by atoms with Gasteiger partial charge in [0.1, 0.15) is 5.60 Å². The van der Waals surface area contributed by atoms with Gasteiger partial charge in [-0.3, -0.25) is 0 Å². The first kappa shape index (κ1) is 12.6. The summed E-state index contributed by atoms with van der Waals surface area (Å²) in [5.41, 5.74) is -0.425. The van der Waals surface area contributed by atoms with E-state index in [4.69, 9.17) is 4.74 Å². The van der Waals surface area contributed by atoms with Crippen molar-refractivity contribution in [3.63, 3.8) is 0 Å². The fraction of sp³-hybridized carbons (Fsp3) is 0.889. The zero-order valence-electron chi connectivity index (χ0n) is 9.00. The Kier molecular flexibility index (Phi) is 4.61. The van der Waals surface area contributed by atoms with E-state index in [1.807, 2.05) is 27.7 Å². The molecule has 0 bridgehead atoms. The summed E-state index contributed by atoms with van der Waals surface area (Å²) in [6.45, 7) is 8.08. The second kappa shape index (κ2) is 4.74. The number of rotatable bonds is 2. The van der Waals surface area contributed by atoms with Crippen molar-refractivity contribution in [2.45, 2.75) is 38.5 Å². The molecule has 0 rings (SSSR count). The van der Waals surface area contributed by atoms with E-state index < -0.39 is 5.60 Å². The Morgan fingerprint density at radius 1 is 1.54 bits per heavy atom. The molecule has 4 heteroatoms. The van der Waals surface area contributed by atoms with Crippen LogP contribution in [0.3, 0.4) is 0 Å². The van der Waals surface area contributed by atoms with Crippen molar-refractivity contribution >= 4 is 18.7 Å². The molecule has 0 aliphatic heterocycles. The van der Waals surface area contributed by atoms with E-state index in [1.54, 1.807) is 7.05 Å². The van der Waals surface area contributed by atoms with Crippen molar-refractivity contribution < 1.29 is 9.53 Å². The summed E-state index contributed by atoms with van der Waals surface area (Å²) in [5, 5.41) is 0.164. The van der Waals surface area contributed by atoms with E-state index in [9.17, 15) is 4.79 Å². The van der Waals surface area contributed by atoms with Gasteiger partial charge in [-0.2, -0.15) is 12.6 Å². The molecule has 0 aliphatic carbocycles. The highest BCUT2D eigenvalue weighted by molar-refractivity contribution is 7.80. The quantitative estimate of drug-likeness (QED) is 0.700. The second-order valence-corrected chi connectivity index (χ2v) is 5.09. The molecule has 0 radical (unpaired) electrons. The predicted octanol–water partition coefficient (Wildman–Crippen LogP) is 2.17. The number of ether oxygens (including phenoxy) is 1. The van der Waals surface area contributed by atoms with Gasteiger partial charge in [0, 0.05) is 18.8 Å². The molecule has 0 fully saturated rings. The molecule has 1 amide bonds. The predicted molar refractivity (Wildman–Crippen MR) is 57.3 cm³/mol. The molecule has 0 saturated carbocycles. The first-order valence-electron chi connectivity index (χ1n) is 4.34. The van der Waals surface area contributed by atoms with Crippen molar-refractivity contribution in [1.29, 1.82) is 0 Å². The number of thiol groups is 1. The van der Waals surface area contributed by atoms with Crippen molar-refractivity contribution in [3.8, 4) is 0 Å². The average molecular weight is 205 g/mol. The van der Waals surface area contributed by atoms with Crippen molar-refractivity contribution in [3.05, 3.63) is 0 Å². The van der Waals surface area contributed by atoms with E-state index in [0.29, 0.717) is 6.54 Å². The van der Waals surface area contributed by atoms with Gasteiger partial charge in [-0.25, -0.2) is 4.79 Å². The summed E-state index contributed by atoms with van der Waals surface area (Å²) < 4.78 is 5.15. The summed E-state index contributed by atoms with van der Waals surface area (Å²) >= 11 is 4.19. The summed E-state index contributed by atoms with van der Waals surface area (Å²) in [5.74, 6) is 0. The summed E-state index contributed by atoms with van der Waals surface area (Å²) in [6.07, 6.45) is -0.298. The molecule has 13 heavy (non-hydrogen) atoms. The minimum absolute atomic E-state index is 0.164. The minimum Gasteiger partial charge on any atom is -0.444 e. The lowest BCUT2D eigenvalue weighted by Gasteiger charge is -2.25. The van der Waals surface area contributed by atoms with Crippen LogP contribution < -0.4 is 0 Å². The fourth-order valence-electron chi connectivity index (χ4n) is 0.811. The van der Waals surface area contributed by atoms with Gasteiger partial charge >= 0.3 is 6.09 Å². The lowest BCUT2D eigenvalue weighted by molar-refractivity contribution is 0.0301. The van der Waals surface area contributed by atoms with Crippen LogP contribution in [0, 0.1) is 0 Å². The average Bonchev–Trinajstić information content (AvgIpc) is 1.81. The number of hydrogen-bond acceptors (Lipinski definition) is 3. The third-order valence-corrected chi connectivity index (χ3v) is 1.41. The molecule has 0 spiro atoms. The molecular formula is C9H19NO2S. The third-order valence-electron chi connectivity index (χ3n) is 1.24. The van der Waals surface area contributed by atoms with E-state index >= 15 is 0 Å². The van der Waals surface area contributed by atoms with E-state index in [-0.39, 0.29) is 11.3 Å². The van der Waals surface area contributed by atoms with E-state index in [2.05, 4.69) is 12.6 Å². The maximum Gasteiger partial charge on any atom is 0.410 e. The molecule has 0 aromatic carbocycles. The van der Waals surface area contributed by atoms with Crippen molar-refractivity contribution in [1.82, 2.24) is 4.90 Å². The van der Waals surface area contributed by atoms with Gasteiger partial charge in [-0.15, -0.1) is 0 Å². The zero-order chi connectivity index (χ0) is 10.6. The van der Waals surface area contributed by atoms with Crippen LogP contribution in [0.15, 0.2) is 0 Å². The van der Waals surface area contributed by atoms with Crippen LogP contribution in [0.4, 0.5) is 4.79 Å². The molecule has 0 aromatic heterocycles. The van der Waals surface area contributed by atoms with Crippen LogP contribution in [-0.2, 0) is 4.74 Å². The topological polar surface area (TPSA) is 29.5 Å². The Balaban J connectivity index is 3.97. The lowest BCUT2D eigenvalue weighted by Crippen LogP contribution is -2.36. The van der Waals surface area contributed by atoms with Crippen LogP contribution in [0.5, 0.6) is 0 Å². The Labute approximate surface area is 85.8 Å². The van der Waals surface area contributed by atoms with Crippen molar-refractivity contribution in [2.24, 2.45) is 0 Å². The fourth-order valence-corrected chi connectivity index (χ4v) is 1.06. The van der Waals surface area contributed by atoms with Crippen LogP contribution >= 0.6 is 12.6 Å². The summed E-state index contributed by atoms with van der Waals surface area (Å²) in [7, 11) is 1.71. The van der Waals surface area contributed by atoms with Gasteiger partial charge < -0.3 is 9.64 Å². The number of hydrogen-bond donors (Lipinski definition) is 1. The Morgan fingerprint density at radius 2 is 2.00 bits per heavy atom. The molecule has 78 valence electrons. The lowest BCUT2D eigenvalue weighted by atomic mass is 10.2. The summed E-state index contributed by atoms with van der Waals surface area (Å²) in [4.78, 5) is 12.9. The van der Waals surface area contributed by atoms with Crippen LogP contribution in [-0.4, -0.2) is 35.4 Å². The van der Waals surface area contributed by atoms with Crippen LogP contribution in [0.2, 0.25) is 0 Å². The van der Waals surface area contributed by atoms with Gasteiger partial charge in [0.05, 0.1) is 0 Å². The van der Waals surface area contributed by atoms with Crippen LogP contribution in [0.1, 0.15) is 27.7 Å². The van der Waals surface area contributed by atoms with E-state index in [1.165, 1.54) is 4.90 Å². The highest BCUT2D eigenvalue weighted by Crippen LogP contribution is 2.09. The Hall–Kier alpha value is -0.380. The van der Waals surface area contributed by atoms with Gasteiger partial charge in [0.25, 0.3) is 0 Å². The van der Waals surface area contributed by atoms with Gasteiger partial charge in [0.2, 0.25) is 0 Å². The largest absolute Gasteiger partial charge is 0.444 e. The molecule has 0 N–H and O–H groups in total. The summed E-state index contributed by atoms with van der Waals surface area (Å²) in [6, 6.07) is 0. The highest BCUT2D eigenvalue weighted by Gasteiger charge is 2.19. The Bertz CT molecular complexity index is 175.